The van der Waals surface area contributed by atoms with Crippen molar-refractivity contribution in [3.8, 4) is 22.0 Å². The highest BCUT2D eigenvalue weighted by atomic mass is 32.1. The Bertz CT molecular complexity index is 1340. The van der Waals surface area contributed by atoms with Crippen LogP contribution >= 0.6 is 11.3 Å². The van der Waals surface area contributed by atoms with E-state index in [0.29, 0.717) is 27.8 Å². The smallest absolute Gasteiger partial charge is 0.230 e. The molecule has 5 nitrogen and oxygen atoms in total. The maximum Gasteiger partial charge on any atom is 0.230 e. The van der Waals surface area contributed by atoms with Gasteiger partial charge in [-0.05, 0) is 48.5 Å². The van der Waals surface area contributed by atoms with Crippen LogP contribution in [0, 0.1) is 5.82 Å². The second-order valence-electron chi connectivity index (χ2n) is 6.94. The van der Waals surface area contributed by atoms with E-state index in [-0.39, 0.29) is 18.1 Å². The maximum absolute atomic E-state index is 13.4. The summed E-state index contributed by atoms with van der Waals surface area (Å²) in [5.74, 6) is 0.0467. The zero-order chi connectivity index (χ0) is 21.2. The fraction of sp³-hybridized carbons (Fsp3) is 0.0417. The van der Waals surface area contributed by atoms with Gasteiger partial charge < -0.3 is 9.73 Å². The predicted octanol–water partition coefficient (Wildman–Crippen LogP) is 5.94. The van der Waals surface area contributed by atoms with Gasteiger partial charge in [-0.25, -0.2) is 14.4 Å². The molecule has 7 heteroatoms. The number of hydrogen-bond donors (Lipinski definition) is 1. The molecular weight excluding hydrogens is 413 g/mol. The van der Waals surface area contributed by atoms with E-state index in [1.165, 1.54) is 23.5 Å². The molecular formula is C24H16FN3O2S. The monoisotopic (exact) mass is 429 g/mol. The summed E-state index contributed by atoms with van der Waals surface area (Å²) < 4.78 is 19.2. The van der Waals surface area contributed by atoms with Crippen molar-refractivity contribution in [2.75, 3.05) is 5.32 Å². The molecule has 0 radical (unpaired) electrons. The minimum absolute atomic E-state index is 0.138. The molecule has 152 valence electrons. The normalized spacial score (nSPS) is 11.0. The third kappa shape index (κ3) is 4.22. The number of carbonyl (C=O) groups is 1. The van der Waals surface area contributed by atoms with Crippen LogP contribution in [-0.2, 0) is 11.2 Å². The molecule has 1 amide bonds. The summed E-state index contributed by atoms with van der Waals surface area (Å²) in [6.07, 6.45) is 0.138. The highest BCUT2D eigenvalue weighted by Gasteiger charge is 2.11. The van der Waals surface area contributed by atoms with Crippen LogP contribution in [0.25, 0.3) is 33.1 Å². The maximum atomic E-state index is 13.4. The molecule has 3 aromatic carbocycles. The van der Waals surface area contributed by atoms with Gasteiger partial charge in [0.25, 0.3) is 0 Å². The average Bonchev–Trinajstić information content (AvgIpc) is 3.41. The lowest BCUT2D eigenvalue weighted by Crippen LogP contribution is -2.14. The van der Waals surface area contributed by atoms with Crippen molar-refractivity contribution in [3.05, 3.63) is 89.7 Å². The Morgan fingerprint density at radius 3 is 2.61 bits per heavy atom. The molecule has 0 spiro atoms. The van der Waals surface area contributed by atoms with E-state index in [9.17, 15) is 9.18 Å². The van der Waals surface area contributed by atoms with Gasteiger partial charge in [-0.15, -0.1) is 11.3 Å². The number of amides is 1. The zero-order valence-corrected chi connectivity index (χ0v) is 17.0. The number of fused-ring (bicyclic) bond motifs is 1. The number of carbonyl (C=O) groups excluding carboxylic acids is 1. The molecule has 0 fully saturated rings. The summed E-state index contributed by atoms with van der Waals surface area (Å²) in [7, 11) is 0. The highest BCUT2D eigenvalue weighted by molar-refractivity contribution is 7.13. The summed E-state index contributed by atoms with van der Waals surface area (Å²) in [5.41, 5.74) is 4.38. The molecule has 0 saturated carbocycles. The van der Waals surface area contributed by atoms with E-state index in [4.69, 9.17) is 4.42 Å². The van der Waals surface area contributed by atoms with Gasteiger partial charge in [0.15, 0.2) is 5.58 Å². The van der Waals surface area contributed by atoms with Crippen molar-refractivity contribution < 1.29 is 13.6 Å². The van der Waals surface area contributed by atoms with Gasteiger partial charge in [-0.2, -0.15) is 0 Å². The minimum Gasteiger partial charge on any atom is -0.436 e. The largest absolute Gasteiger partial charge is 0.436 e. The van der Waals surface area contributed by atoms with Crippen LogP contribution in [0.3, 0.4) is 0 Å². The number of hydrogen-bond acceptors (Lipinski definition) is 5. The first-order valence-electron chi connectivity index (χ1n) is 9.60. The number of oxazole rings is 1. The zero-order valence-electron chi connectivity index (χ0n) is 16.2. The van der Waals surface area contributed by atoms with Crippen LogP contribution in [0.1, 0.15) is 5.69 Å². The molecule has 1 N–H and O–H groups in total. The Morgan fingerprint density at radius 1 is 0.968 bits per heavy atom. The number of para-hydroxylation sites is 2. The van der Waals surface area contributed by atoms with Crippen LogP contribution < -0.4 is 5.32 Å². The number of anilines is 1. The van der Waals surface area contributed by atoms with Crippen LogP contribution in [0.4, 0.5) is 10.1 Å². The summed E-state index contributed by atoms with van der Waals surface area (Å²) >= 11 is 1.39. The Labute approximate surface area is 181 Å². The second kappa shape index (κ2) is 8.12. The molecule has 0 atom stereocenters. The van der Waals surface area contributed by atoms with Gasteiger partial charge in [0.2, 0.25) is 11.8 Å². The minimum atomic E-state index is -0.312. The van der Waals surface area contributed by atoms with Crippen LogP contribution in [0.15, 0.2) is 82.6 Å². The lowest BCUT2D eigenvalue weighted by molar-refractivity contribution is -0.115. The Kier molecular flexibility index (Phi) is 5.01. The Morgan fingerprint density at radius 2 is 1.81 bits per heavy atom. The molecule has 0 aliphatic rings. The van der Waals surface area contributed by atoms with E-state index < -0.39 is 0 Å². The predicted molar refractivity (Wildman–Crippen MR) is 119 cm³/mol. The number of aromatic nitrogens is 2. The molecule has 2 aromatic heterocycles. The number of nitrogens with one attached hydrogen (secondary N) is 1. The number of rotatable bonds is 5. The third-order valence-electron chi connectivity index (χ3n) is 4.67. The van der Waals surface area contributed by atoms with Crippen molar-refractivity contribution in [1.82, 2.24) is 9.97 Å². The molecule has 0 unspecified atom stereocenters. The number of halogens is 1. The fourth-order valence-corrected chi connectivity index (χ4v) is 4.02. The number of benzene rings is 3. The lowest BCUT2D eigenvalue weighted by Gasteiger charge is -2.04. The van der Waals surface area contributed by atoms with Gasteiger partial charge in [0, 0.05) is 22.2 Å². The molecule has 0 saturated heterocycles. The van der Waals surface area contributed by atoms with Gasteiger partial charge in [-0.3, -0.25) is 4.79 Å². The average molecular weight is 429 g/mol. The molecule has 0 aliphatic heterocycles. The quantitative estimate of drug-likeness (QED) is 0.375. The second-order valence-corrected chi connectivity index (χ2v) is 7.80. The topological polar surface area (TPSA) is 68.0 Å². The van der Waals surface area contributed by atoms with Gasteiger partial charge >= 0.3 is 0 Å². The van der Waals surface area contributed by atoms with E-state index in [2.05, 4.69) is 15.3 Å². The SMILES string of the molecule is O=C(Cc1csc(-c2cccc(F)c2)n1)Nc1ccc(-c2nc3ccccc3o2)cc1. The van der Waals surface area contributed by atoms with Crippen LogP contribution in [-0.4, -0.2) is 15.9 Å². The molecule has 5 aromatic rings. The first kappa shape index (κ1) is 19.1. The molecule has 0 bridgehead atoms. The number of nitrogens with zero attached hydrogens (tertiary/aromatic N) is 2. The summed E-state index contributed by atoms with van der Waals surface area (Å²) in [6, 6.07) is 21.2. The van der Waals surface area contributed by atoms with Crippen molar-refractivity contribution >= 4 is 34.0 Å². The highest BCUT2D eigenvalue weighted by Crippen LogP contribution is 2.26. The summed E-state index contributed by atoms with van der Waals surface area (Å²) in [4.78, 5) is 21.3. The number of thiazole rings is 1. The van der Waals surface area contributed by atoms with Gasteiger partial charge in [0.05, 0.1) is 12.1 Å². The van der Waals surface area contributed by atoms with Crippen LogP contribution in [0.5, 0.6) is 0 Å². The van der Waals surface area contributed by atoms with E-state index in [1.54, 1.807) is 24.3 Å². The Balaban J connectivity index is 1.24. The third-order valence-corrected chi connectivity index (χ3v) is 5.61. The molecule has 0 aliphatic carbocycles. The molecule has 31 heavy (non-hydrogen) atoms. The van der Waals surface area contributed by atoms with E-state index in [1.807, 2.05) is 41.8 Å². The van der Waals surface area contributed by atoms with Crippen molar-refractivity contribution in [2.24, 2.45) is 0 Å². The van der Waals surface area contributed by atoms with Crippen molar-refractivity contribution in [2.45, 2.75) is 6.42 Å². The molecule has 2 heterocycles. The van der Waals surface area contributed by atoms with Crippen LogP contribution in [0.2, 0.25) is 0 Å². The van der Waals surface area contributed by atoms with Gasteiger partial charge in [-0.1, -0.05) is 24.3 Å². The van der Waals surface area contributed by atoms with E-state index in [0.717, 1.165) is 16.7 Å². The lowest BCUT2D eigenvalue weighted by atomic mass is 10.2. The van der Waals surface area contributed by atoms with Crippen molar-refractivity contribution in [3.63, 3.8) is 0 Å². The summed E-state index contributed by atoms with van der Waals surface area (Å²) in [5, 5.41) is 5.37. The first-order chi connectivity index (χ1) is 15.1. The molecule has 5 rings (SSSR count). The fourth-order valence-electron chi connectivity index (χ4n) is 3.20. The van der Waals surface area contributed by atoms with E-state index >= 15 is 0 Å². The summed E-state index contributed by atoms with van der Waals surface area (Å²) in [6.45, 7) is 0. The standard InChI is InChI=1S/C24H16FN3O2S/c25-17-5-3-4-16(12-17)24-27-19(14-31-24)13-22(29)26-18-10-8-15(9-11-18)23-28-20-6-1-2-7-21(20)30-23/h1-12,14H,13H2,(H,26,29). The van der Waals surface area contributed by atoms with Crippen molar-refractivity contribution in [1.29, 1.82) is 0 Å². The van der Waals surface area contributed by atoms with Gasteiger partial charge in [0.1, 0.15) is 16.3 Å². The first-order valence-corrected chi connectivity index (χ1v) is 10.5. The Hall–Kier alpha value is -3.84.